The smallest absolute Gasteiger partial charge is 0.206 e. The molecule has 0 aliphatic rings. The number of fused-ring (bicyclic) bond motifs is 2. The van der Waals surface area contributed by atoms with Gasteiger partial charge in [0.05, 0.1) is 16.9 Å². The van der Waals surface area contributed by atoms with E-state index in [0.29, 0.717) is 11.5 Å². The van der Waals surface area contributed by atoms with Crippen LogP contribution >= 0.6 is 0 Å². The molecule has 0 saturated carbocycles. The molecule has 0 N–H and O–H groups in total. The second-order valence-corrected chi connectivity index (χ2v) is 12.9. The molecular weight excluding hydrogens is 577 g/mol. The Morgan fingerprint density at radius 3 is 1.20 bits per heavy atom. The molecule has 0 aromatic heterocycles. The van der Waals surface area contributed by atoms with Crippen LogP contribution in [0.3, 0.4) is 0 Å². The standard InChI is InChI=1S/C40H30O4S/c1-27-11-23-33(24-12-27)45(41,42)34-25-21-32(22-26-34)44-31-19-15-29(16-20-31)40-37-9-5-3-7-35(37)39(36-8-4-6-10-38(36)40)28-13-17-30(43-2)18-14-28/h3-26H,1-2H3. The van der Waals surface area contributed by atoms with Gasteiger partial charge in [0.25, 0.3) is 0 Å². The van der Waals surface area contributed by atoms with E-state index in [4.69, 9.17) is 9.47 Å². The molecule has 0 atom stereocenters. The van der Waals surface area contributed by atoms with Crippen molar-refractivity contribution >= 4 is 31.4 Å². The first-order valence-electron chi connectivity index (χ1n) is 14.7. The van der Waals surface area contributed by atoms with Crippen LogP contribution < -0.4 is 9.47 Å². The van der Waals surface area contributed by atoms with Gasteiger partial charge >= 0.3 is 0 Å². The van der Waals surface area contributed by atoms with Crippen LogP contribution in [0, 0.1) is 6.92 Å². The van der Waals surface area contributed by atoms with Gasteiger partial charge in [0.2, 0.25) is 9.84 Å². The van der Waals surface area contributed by atoms with Crippen LogP contribution in [0.5, 0.6) is 17.2 Å². The van der Waals surface area contributed by atoms with Gasteiger partial charge in [-0.1, -0.05) is 90.5 Å². The van der Waals surface area contributed by atoms with Gasteiger partial charge in [-0.15, -0.1) is 0 Å². The Kier molecular flexibility index (Phi) is 7.32. The average Bonchev–Trinajstić information content (AvgIpc) is 3.08. The van der Waals surface area contributed by atoms with E-state index in [1.165, 1.54) is 27.1 Å². The van der Waals surface area contributed by atoms with Crippen LogP contribution in [-0.4, -0.2) is 15.5 Å². The monoisotopic (exact) mass is 606 g/mol. The number of aryl methyl sites for hydroxylation is 1. The van der Waals surface area contributed by atoms with E-state index in [-0.39, 0.29) is 9.79 Å². The van der Waals surface area contributed by atoms with Gasteiger partial charge in [0.15, 0.2) is 0 Å². The summed E-state index contributed by atoms with van der Waals surface area (Å²) >= 11 is 0. The molecule has 0 fully saturated rings. The second kappa shape index (κ2) is 11.6. The molecule has 0 unspecified atom stereocenters. The zero-order valence-corrected chi connectivity index (χ0v) is 25.7. The second-order valence-electron chi connectivity index (χ2n) is 11.0. The number of rotatable bonds is 7. The van der Waals surface area contributed by atoms with Gasteiger partial charge in [0.1, 0.15) is 17.2 Å². The van der Waals surface area contributed by atoms with Crippen molar-refractivity contribution in [2.45, 2.75) is 16.7 Å². The van der Waals surface area contributed by atoms with Crippen LogP contribution in [0.15, 0.2) is 155 Å². The normalized spacial score (nSPS) is 11.5. The van der Waals surface area contributed by atoms with Crippen molar-refractivity contribution in [1.29, 1.82) is 0 Å². The molecule has 0 spiro atoms. The van der Waals surface area contributed by atoms with Crippen LogP contribution in [0.25, 0.3) is 43.8 Å². The van der Waals surface area contributed by atoms with Crippen LogP contribution in [0.2, 0.25) is 0 Å². The van der Waals surface area contributed by atoms with Crippen LogP contribution in [0.1, 0.15) is 5.56 Å². The SMILES string of the molecule is COc1ccc(-c2c3ccccc3c(-c3ccc(Oc4ccc(S(=O)(=O)c5ccc(C)cc5)cc4)cc3)c3ccccc23)cc1. The number of benzene rings is 7. The van der Waals surface area contributed by atoms with Crippen molar-refractivity contribution < 1.29 is 17.9 Å². The van der Waals surface area contributed by atoms with Crippen LogP contribution in [0.4, 0.5) is 0 Å². The quantitative estimate of drug-likeness (QED) is 0.169. The topological polar surface area (TPSA) is 52.6 Å². The molecule has 45 heavy (non-hydrogen) atoms. The average molecular weight is 607 g/mol. The van der Waals surface area contributed by atoms with Crippen molar-refractivity contribution in [3.8, 4) is 39.5 Å². The zero-order chi connectivity index (χ0) is 31.0. The van der Waals surface area contributed by atoms with Gasteiger partial charge in [-0.05, 0) is 111 Å². The molecule has 0 heterocycles. The maximum Gasteiger partial charge on any atom is 0.206 e. The summed E-state index contributed by atoms with van der Waals surface area (Å²) in [6.07, 6.45) is 0. The van der Waals surface area contributed by atoms with E-state index in [1.807, 2.05) is 31.2 Å². The van der Waals surface area contributed by atoms with E-state index < -0.39 is 9.84 Å². The lowest BCUT2D eigenvalue weighted by Crippen LogP contribution is -2.01. The van der Waals surface area contributed by atoms with E-state index in [0.717, 1.165) is 28.0 Å². The van der Waals surface area contributed by atoms with Gasteiger partial charge in [-0.3, -0.25) is 0 Å². The van der Waals surface area contributed by atoms with Crippen molar-refractivity contribution in [3.63, 3.8) is 0 Å². The van der Waals surface area contributed by atoms with E-state index in [1.54, 1.807) is 55.6 Å². The first kappa shape index (κ1) is 28.4. The lowest BCUT2D eigenvalue weighted by atomic mass is 9.86. The summed E-state index contributed by atoms with van der Waals surface area (Å²) in [5.41, 5.74) is 5.58. The minimum absolute atomic E-state index is 0.228. The molecule has 4 nitrogen and oxygen atoms in total. The zero-order valence-electron chi connectivity index (χ0n) is 24.9. The molecule has 0 radical (unpaired) electrons. The Morgan fingerprint density at radius 2 is 0.800 bits per heavy atom. The lowest BCUT2D eigenvalue weighted by molar-refractivity contribution is 0.415. The number of methoxy groups -OCH3 is 1. The number of sulfone groups is 1. The minimum atomic E-state index is -3.60. The highest BCUT2D eigenvalue weighted by Gasteiger charge is 2.18. The molecule has 7 rings (SSSR count). The Bertz CT molecular complexity index is 2200. The largest absolute Gasteiger partial charge is 0.497 e. The summed E-state index contributed by atoms with van der Waals surface area (Å²) in [6, 6.07) is 46.8. The fraction of sp³-hybridized carbons (Fsp3) is 0.0500. The molecule has 0 aliphatic heterocycles. The van der Waals surface area contributed by atoms with E-state index in [9.17, 15) is 8.42 Å². The Morgan fingerprint density at radius 1 is 0.444 bits per heavy atom. The molecule has 0 aliphatic carbocycles. The predicted molar refractivity (Wildman–Crippen MR) is 182 cm³/mol. The maximum atomic E-state index is 13.1. The number of hydrogen-bond donors (Lipinski definition) is 0. The van der Waals surface area contributed by atoms with Gasteiger partial charge in [-0.25, -0.2) is 8.42 Å². The van der Waals surface area contributed by atoms with Crippen molar-refractivity contribution in [2.75, 3.05) is 7.11 Å². The van der Waals surface area contributed by atoms with Gasteiger partial charge in [0, 0.05) is 0 Å². The van der Waals surface area contributed by atoms with Crippen molar-refractivity contribution in [2.24, 2.45) is 0 Å². The van der Waals surface area contributed by atoms with Crippen LogP contribution in [-0.2, 0) is 9.84 Å². The highest BCUT2D eigenvalue weighted by atomic mass is 32.2. The Balaban J connectivity index is 1.23. The predicted octanol–water partition coefficient (Wildman–Crippen LogP) is 10.3. The fourth-order valence-electron chi connectivity index (χ4n) is 5.87. The third-order valence-electron chi connectivity index (χ3n) is 8.15. The summed E-state index contributed by atoms with van der Waals surface area (Å²) in [4.78, 5) is 0.500. The first-order valence-corrected chi connectivity index (χ1v) is 16.2. The summed E-state index contributed by atoms with van der Waals surface area (Å²) in [5.74, 6) is 2.05. The highest BCUT2D eigenvalue weighted by molar-refractivity contribution is 7.91. The summed E-state index contributed by atoms with van der Waals surface area (Å²) < 4.78 is 37.6. The lowest BCUT2D eigenvalue weighted by Gasteiger charge is -2.18. The molecule has 7 aromatic carbocycles. The molecule has 7 aromatic rings. The Hall–Kier alpha value is -5.39. The van der Waals surface area contributed by atoms with E-state index >= 15 is 0 Å². The van der Waals surface area contributed by atoms with Crippen molar-refractivity contribution in [1.82, 2.24) is 0 Å². The Labute approximate surface area is 263 Å². The molecule has 220 valence electrons. The molecule has 0 saturated heterocycles. The third-order valence-corrected chi connectivity index (χ3v) is 9.94. The molecule has 0 bridgehead atoms. The molecular formula is C40H30O4S. The van der Waals surface area contributed by atoms with Gasteiger partial charge < -0.3 is 9.47 Å². The van der Waals surface area contributed by atoms with Gasteiger partial charge in [-0.2, -0.15) is 0 Å². The fourth-order valence-corrected chi connectivity index (χ4v) is 7.14. The maximum absolute atomic E-state index is 13.1. The number of hydrogen-bond acceptors (Lipinski definition) is 4. The summed E-state index contributed by atoms with van der Waals surface area (Å²) in [6.45, 7) is 1.93. The first-order chi connectivity index (χ1) is 21.9. The number of ether oxygens (including phenoxy) is 2. The van der Waals surface area contributed by atoms with E-state index in [2.05, 4.69) is 72.8 Å². The van der Waals surface area contributed by atoms with Crippen molar-refractivity contribution in [3.05, 3.63) is 151 Å². The molecule has 5 heteroatoms. The summed E-state index contributed by atoms with van der Waals surface area (Å²) in [5, 5.41) is 4.69. The highest BCUT2D eigenvalue weighted by Crippen LogP contribution is 2.44. The molecule has 0 amide bonds. The summed E-state index contributed by atoms with van der Waals surface area (Å²) in [7, 11) is -1.92. The minimum Gasteiger partial charge on any atom is -0.497 e. The third kappa shape index (κ3) is 5.32.